The van der Waals surface area contributed by atoms with Crippen LogP contribution in [0.2, 0.25) is 0 Å². The second-order valence-corrected chi connectivity index (χ2v) is 6.97. The molecule has 0 bridgehead atoms. The molecule has 0 heterocycles. The molecule has 2 aromatic carbocycles. The summed E-state index contributed by atoms with van der Waals surface area (Å²) in [5, 5.41) is 0. The molecule has 0 saturated heterocycles. The first kappa shape index (κ1) is 18.6. The fourth-order valence-electron chi connectivity index (χ4n) is 4.31. The Morgan fingerprint density at radius 3 is 2.04 bits per heavy atom. The van der Waals surface area contributed by atoms with Gasteiger partial charge in [-0.25, -0.2) is 0 Å². The SMILES string of the molecule is CCCC1(CCC)c2cc(C)ccc2-c2ccc(OC(F)=C(F)F)cc21. The van der Waals surface area contributed by atoms with E-state index in [2.05, 4.69) is 39.0 Å². The summed E-state index contributed by atoms with van der Waals surface area (Å²) in [6.45, 7) is 6.36. The molecule has 1 aliphatic rings. The van der Waals surface area contributed by atoms with Crippen molar-refractivity contribution < 1.29 is 17.9 Å². The molecule has 0 aromatic heterocycles. The van der Waals surface area contributed by atoms with E-state index in [1.165, 1.54) is 16.7 Å². The second-order valence-electron chi connectivity index (χ2n) is 6.97. The Kier molecular flexibility index (Phi) is 5.12. The lowest BCUT2D eigenvalue weighted by atomic mass is 9.71. The van der Waals surface area contributed by atoms with Gasteiger partial charge in [0.05, 0.1) is 0 Å². The average Bonchev–Trinajstić information content (AvgIpc) is 2.85. The zero-order valence-corrected chi connectivity index (χ0v) is 15.3. The van der Waals surface area contributed by atoms with Gasteiger partial charge in [0.2, 0.25) is 0 Å². The zero-order chi connectivity index (χ0) is 18.9. The molecule has 1 nitrogen and oxygen atoms in total. The topological polar surface area (TPSA) is 9.23 Å². The first-order valence-electron chi connectivity index (χ1n) is 9.07. The highest BCUT2D eigenvalue weighted by Crippen LogP contribution is 2.54. The van der Waals surface area contributed by atoms with Crippen LogP contribution in [0.15, 0.2) is 48.5 Å². The van der Waals surface area contributed by atoms with Gasteiger partial charge >= 0.3 is 12.1 Å². The van der Waals surface area contributed by atoms with Crippen LogP contribution in [0, 0.1) is 6.92 Å². The molecule has 4 heteroatoms. The third-order valence-electron chi connectivity index (χ3n) is 5.20. The summed E-state index contributed by atoms with van der Waals surface area (Å²) in [5.41, 5.74) is 5.59. The van der Waals surface area contributed by atoms with Crippen LogP contribution in [-0.2, 0) is 5.41 Å². The van der Waals surface area contributed by atoms with Crippen molar-refractivity contribution in [3.8, 4) is 16.9 Å². The number of aryl methyl sites for hydroxylation is 1. The van der Waals surface area contributed by atoms with Crippen molar-refractivity contribution in [2.75, 3.05) is 0 Å². The van der Waals surface area contributed by atoms with Crippen molar-refractivity contribution in [2.24, 2.45) is 0 Å². The van der Waals surface area contributed by atoms with Crippen LogP contribution in [0.5, 0.6) is 5.75 Å². The van der Waals surface area contributed by atoms with Crippen molar-refractivity contribution >= 4 is 0 Å². The van der Waals surface area contributed by atoms with Crippen LogP contribution in [0.3, 0.4) is 0 Å². The van der Waals surface area contributed by atoms with Crippen LogP contribution in [0.1, 0.15) is 56.2 Å². The third-order valence-corrected chi connectivity index (χ3v) is 5.20. The Balaban J connectivity index is 2.19. The minimum absolute atomic E-state index is 0.107. The fourth-order valence-corrected chi connectivity index (χ4v) is 4.31. The smallest absolute Gasteiger partial charge is 0.344 e. The maximum atomic E-state index is 13.3. The van der Waals surface area contributed by atoms with E-state index in [0.717, 1.165) is 36.8 Å². The summed E-state index contributed by atoms with van der Waals surface area (Å²) in [4.78, 5) is 0. The Bertz CT molecular complexity index is 844. The van der Waals surface area contributed by atoms with Gasteiger partial charge in [0.1, 0.15) is 5.75 Å². The van der Waals surface area contributed by atoms with Crippen molar-refractivity contribution in [3.63, 3.8) is 0 Å². The maximum Gasteiger partial charge on any atom is 0.344 e. The highest BCUT2D eigenvalue weighted by Gasteiger charge is 2.42. The molecule has 2 aromatic rings. The zero-order valence-electron chi connectivity index (χ0n) is 15.3. The number of benzene rings is 2. The van der Waals surface area contributed by atoms with Gasteiger partial charge in [0, 0.05) is 5.41 Å². The number of ether oxygens (including phenoxy) is 1. The van der Waals surface area contributed by atoms with E-state index >= 15 is 0 Å². The standard InChI is InChI=1S/C22H23F3O/c1-4-10-22(11-5-2)18-12-14(3)6-8-16(18)17-9-7-15(13-19(17)22)26-21(25)20(23)24/h6-9,12-13H,4-5,10-11H2,1-3H3. The molecule has 0 aliphatic heterocycles. The normalized spacial score (nSPS) is 13.9. The van der Waals surface area contributed by atoms with Gasteiger partial charge in [-0.05, 0) is 54.2 Å². The lowest BCUT2D eigenvalue weighted by Crippen LogP contribution is -2.25. The molecule has 0 amide bonds. The van der Waals surface area contributed by atoms with Gasteiger partial charge in [0.25, 0.3) is 0 Å². The maximum absolute atomic E-state index is 13.3. The molecule has 138 valence electrons. The highest BCUT2D eigenvalue weighted by molar-refractivity contribution is 5.82. The Morgan fingerprint density at radius 2 is 1.46 bits per heavy atom. The van der Waals surface area contributed by atoms with Crippen LogP contribution in [0.25, 0.3) is 11.1 Å². The van der Waals surface area contributed by atoms with E-state index in [-0.39, 0.29) is 11.2 Å². The summed E-state index contributed by atoms with van der Waals surface area (Å²) in [6, 6.07) is 9.74. The highest BCUT2D eigenvalue weighted by atomic mass is 19.3. The van der Waals surface area contributed by atoms with Crippen molar-refractivity contribution in [1.29, 1.82) is 0 Å². The number of hydrogen-bond donors (Lipinski definition) is 0. The number of fused-ring (bicyclic) bond motifs is 3. The third kappa shape index (κ3) is 3.02. The minimum Gasteiger partial charge on any atom is -0.428 e. The van der Waals surface area contributed by atoms with Gasteiger partial charge in [-0.3, -0.25) is 0 Å². The molecule has 26 heavy (non-hydrogen) atoms. The van der Waals surface area contributed by atoms with E-state index in [4.69, 9.17) is 4.74 Å². The van der Waals surface area contributed by atoms with Crippen LogP contribution in [0.4, 0.5) is 13.2 Å². The van der Waals surface area contributed by atoms with Crippen molar-refractivity contribution in [1.82, 2.24) is 0 Å². The predicted molar refractivity (Wildman–Crippen MR) is 98.2 cm³/mol. The fraction of sp³-hybridized carbons (Fsp3) is 0.364. The van der Waals surface area contributed by atoms with Crippen LogP contribution >= 0.6 is 0 Å². The molecule has 3 rings (SSSR count). The lowest BCUT2D eigenvalue weighted by Gasteiger charge is -2.32. The summed E-state index contributed by atoms with van der Waals surface area (Å²) >= 11 is 0. The van der Waals surface area contributed by atoms with E-state index in [1.807, 2.05) is 6.07 Å². The summed E-state index contributed by atoms with van der Waals surface area (Å²) in [7, 11) is 0. The van der Waals surface area contributed by atoms with Crippen LogP contribution in [-0.4, -0.2) is 0 Å². The molecular formula is C22H23F3O. The van der Waals surface area contributed by atoms with Gasteiger partial charge in [-0.2, -0.15) is 13.2 Å². The van der Waals surface area contributed by atoms with E-state index in [9.17, 15) is 13.2 Å². The molecule has 0 saturated carbocycles. The molecule has 0 N–H and O–H groups in total. The van der Waals surface area contributed by atoms with E-state index in [0.29, 0.717) is 0 Å². The Morgan fingerprint density at radius 1 is 0.885 bits per heavy atom. The number of hydrogen-bond acceptors (Lipinski definition) is 1. The molecule has 0 atom stereocenters. The van der Waals surface area contributed by atoms with Gasteiger partial charge in [0.15, 0.2) is 0 Å². The lowest BCUT2D eigenvalue weighted by molar-refractivity contribution is 0.241. The van der Waals surface area contributed by atoms with Crippen molar-refractivity contribution in [3.05, 3.63) is 65.2 Å². The average molecular weight is 360 g/mol. The predicted octanol–water partition coefficient (Wildman–Crippen LogP) is 7.28. The quantitative estimate of drug-likeness (QED) is 0.492. The molecule has 0 unspecified atom stereocenters. The van der Waals surface area contributed by atoms with Crippen molar-refractivity contribution in [2.45, 2.75) is 51.9 Å². The molecule has 0 fully saturated rings. The van der Waals surface area contributed by atoms with Gasteiger partial charge in [-0.15, -0.1) is 0 Å². The van der Waals surface area contributed by atoms with Crippen LogP contribution < -0.4 is 4.74 Å². The number of halogens is 3. The largest absolute Gasteiger partial charge is 0.428 e. The summed E-state index contributed by atoms with van der Waals surface area (Å²) < 4.78 is 42.9. The molecule has 0 spiro atoms. The summed E-state index contributed by atoms with van der Waals surface area (Å²) in [6.07, 6.45) is 1.43. The first-order chi connectivity index (χ1) is 12.4. The van der Waals surface area contributed by atoms with E-state index in [1.54, 1.807) is 12.1 Å². The molecular weight excluding hydrogens is 337 g/mol. The molecule has 1 aliphatic carbocycles. The Hall–Kier alpha value is -2.23. The van der Waals surface area contributed by atoms with Gasteiger partial charge in [-0.1, -0.05) is 56.5 Å². The minimum atomic E-state index is -2.45. The number of rotatable bonds is 6. The first-order valence-corrected chi connectivity index (χ1v) is 9.07. The second kappa shape index (κ2) is 7.18. The summed E-state index contributed by atoms with van der Waals surface area (Å²) in [5.74, 6) is 0.107. The van der Waals surface area contributed by atoms with Gasteiger partial charge < -0.3 is 4.74 Å². The molecule has 0 radical (unpaired) electrons. The van der Waals surface area contributed by atoms with E-state index < -0.39 is 12.1 Å². The Labute approximate surface area is 152 Å². The monoisotopic (exact) mass is 360 g/mol.